The molecule has 1 N–H and O–H groups in total. The number of halogens is 3. The maximum Gasteiger partial charge on any atom is 0.341 e. The van der Waals surface area contributed by atoms with Crippen molar-refractivity contribution in [3.05, 3.63) is 71.4 Å². The van der Waals surface area contributed by atoms with E-state index < -0.39 is 20.2 Å². The van der Waals surface area contributed by atoms with Crippen LogP contribution in [0.15, 0.2) is 70.5 Å². The van der Waals surface area contributed by atoms with Crippen molar-refractivity contribution >= 4 is 110 Å². The van der Waals surface area contributed by atoms with Gasteiger partial charge in [0.25, 0.3) is 10.1 Å². The number of fused-ring (bicyclic) bond motifs is 2. The normalized spacial score (nSPS) is 12.4. The topological polar surface area (TPSA) is 97.7 Å². The van der Waals surface area contributed by atoms with Crippen LogP contribution in [0.25, 0.3) is 21.5 Å². The van der Waals surface area contributed by atoms with E-state index in [-0.39, 0.29) is 37.1 Å². The Kier molecular flexibility index (Phi) is 6.46. The molecular weight excluding hydrogens is 781 g/mol. The Hall–Kier alpha value is -0.750. The lowest BCUT2D eigenvalue weighted by Crippen LogP contribution is -2.15. The van der Waals surface area contributed by atoms with E-state index in [1.807, 2.05) is 51.2 Å². The Balaban J connectivity index is 2.09. The summed E-state index contributed by atoms with van der Waals surface area (Å²) < 4.78 is 68.5. The molecule has 0 saturated heterocycles. The van der Waals surface area contributed by atoms with Gasteiger partial charge in [-0.2, -0.15) is 16.8 Å². The predicted molar refractivity (Wildman–Crippen MR) is 144 cm³/mol. The van der Waals surface area contributed by atoms with Crippen LogP contribution in [0.2, 0.25) is 0 Å². The second-order valence-electron chi connectivity index (χ2n) is 6.43. The third-order valence-corrected chi connectivity index (χ3v) is 11.5. The molecule has 0 fully saturated rings. The highest BCUT2D eigenvalue weighted by atomic mass is 127. The fourth-order valence-corrected chi connectivity index (χ4v) is 9.02. The Morgan fingerprint density at radius 2 is 1.10 bits per heavy atom. The van der Waals surface area contributed by atoms with Crippen LogP contribution in [0.1, 0.15) is 0 Å². The van der Waals surface area contributed by atoms with Crippen LogP contribution in [-0.2, 0) is 20.2 Å². The lowest BCUT2D eigenvalue weighted by atomic mass is 10.0. The van der Waals surface area contributed by atoms with Crippen molar-refractivity contribution in [2.24, 2.45) is 0 Å². The summed E-state index contributed by atoms with van der Waals surface area (Å²) in [4.78, 5) is -0.241. The van der Waals surface area contributed by atoms with Gasteiger partial charge in [0.15, 0.2) is 5.75 Å². The second-order valence-corrected chi connectivity index (χ2v) is 12.7. The fraction of sp³-hybridized carbons (Fsp3) is 0. The van der Waals surface area contributed by atoms with Crippen LogP contribution in [-0.4, -0.2) is 21.4 Å². The molecule has 0 aliphatic rings. The molecular formula is C20H11I3O6S2. The molecule has 0 atom stereocenters. The lowest BCUT2D eigenvalue weighted by Gasteiger charge is -2.17. The lowest BCUT2D eigenvalue weighted by molar-refractivity contribution is 0.485. The molecule has 0 amide bonds. The minimum atomic E-state index is -4.60. The maximum atomic E-state index is 13.4. The summed E-state index contributed by atoms with van der Waals surface area (Å²) in [7, 11) is -8.86. The van der Waals surface area contributed by atoms with E-state index in [0.717, 1.165) is 3.57 Å². The summed E-state index contributed by atoms with van der Waals surface area (Å²) in [5.74, 6) is 0.00376. The van der Waals surface area contributed by atoms with Gasteiger partial charge in [0.2, 0.25) is 0 Å². The van der Waals surface area contributed by atoms with Gasteiger partial charge in [0, 0.05) is 32.3 Å². The Morgan fingerprint density at radius 3 is 1.58 bits per heavy atom. The van der Waals surface area contributed by atoms with Crippen LogP contribution in [0.3, 0.4) is 0 Å². The molecule has 0 aromatic heterocycles. The summed E-state index contributed by atoms with van der Waals surface area (Å²) in [5, 5.41) is 0.850. The van der Waals surface area contributed by atoms with Gasteiger partial charge in [0.1, 0.15) is 9.79 Å². The highest BCUT2D eigenvalue weighted by Crippen LogP contribution is 2.42. The molecule has 0 radical (unpaired) electrons. The monoisotopic (exact) mass is 792 g/mol. The largest absolute Gasteiger partial charge is 0.378 e. The van der Waals surface area contributed by atoms with Crippen LogP contribution in [0.4, 0.5) is 0 Å². The molecule has 0 aliphatic heterocycles. The Morgan fingerprint density at radius 1 is 0.645 bits per heavy atom. The third kappa shape index (κ3) is 4.28. The van der Waals surface area contributed by atoms with E-state index in [4.69, 9.17) is 4.18 Å². The van der Waals surface area contributed by atoms with Gasteiger partial charge in [-0.05, 0) is 79.9 Å². The van der Waals surface area contributed by atoms with Crippen LogP contribution in [0, 0.1) is 10.7 Å². The minimum absolute atomic E-state index is 0.00376. The van der Waals surface area contributed by atoms with Crippen molar-refractivity contribution in [3.63, 3.8) is 0 Å². The summed E-state index contributed by atoms with van der Waals surface area (Å²) in [5.41, 5.74) is 0. The standard InChI is InChI=1S/C20H11I3O6S2/c21-15-9-10-16(22)20(17(15)23)31(27,28)29-18-11-5-1-3-7-13(11)19(30(24,25)26)14-8-4-2-6-12(14)18/h1-10H,(H,24,25,26). The van der Waals surface area contributed by atoms with E-state index >= 15 is 0 Å². The average molecular weight is 792 g/mol. The molecule has 0 spiro atoms. The zero-order valence-electron chi connectivity index (χ0n) is 15.2. The molecule has 6 nitrogen and oxygen atoms in total. The second kappa shape index (κ2) is 8.55. The first-order valence-corrected chi connectivity index (χ1v) is 14.6. The highest BCUT2D eigenvalue weighted by Gasteiger charge is 2.29. The first-order chi connectivity index (χ1) is 14.5. The molecule has 4 rings (SSSR count). The minimum Gasteiger partial charge on any atom is -0.378 e. The zero-order valence-corrected chi connectivity index (χ0v) is 23.3. The molecule has 4 aromatic rings. The van der Waals surface area contributed by atoms with Crippen molar-refractivity contribution in [1.82, 2.24) is 0 Å². The van der Waals surface area contributed by atoms with E-state index in [1.165, 1.54) is 12.1 Å². The van der Waals surface area contributed by atoms with Crippen LogP contribution < -0.4 is 4.18 Å². The molecule has 0 heterocycles. The summed E-state index contributed by atoms with van der Waals surface area (Å²) in [6, 6.07) is 16.1. The number of hydrogen-bond acceptors (Lipinski definition) is 5. The molecule has 0 saturated carbocycles. The van der Waals surface area contributed by atoms with Crippen molar-refractivity contribution < 1.29 is 25.6 Å². The van der Waals surface area contributed by atoms with Crippen LogP contribution in [0.5, 0.6) is 5.75 Å². The van der Waals surface area contributed by atoms with Crippen LogP contribution >= 0.6 is 67.8 Å². The molecule has 31 heavy (non-hydrogen) atoms. The molecule has 0 bridgehead atoms. The summed E-state index contributed by atoms with van der Waals surface area (Å²) in [6.45, 7) is 0. The molecule has 4 aromatic carbocycles. The van der Waals surface area contributed by atoms with E-state index in [9.17, 15) is 21.4 Å². The van der Waals surface area contributed by atoms with Gasteiger partial charge < -0.3 is 4.18 Å². The fourth-order valence-electron chi connectivity index (χ4n) is 3.31. The predicted octanol–water partition coefficient (Wildman–Crippen LogP) is 5.82. The van der Waals surface area contributed by atoms with Gasteiger partial charge in [-0.15, -0.1) is 0 Å². The van der Waals surface area contributed by atoms with Crippen molar-refractivity contribution in [2.75, 3.05) is 0 Å². The first kappa shape index (κ1) is 23.4. The first-order valence-electron chi connectivity index (χ1n) is 8.51. The number of benzene rings is 4. The maximum absolute atomic E-state index is 13.4. The average Bonchev–Trinajstić information content (AvgIpc) is 2.69. The smallest absolute Gasteiger partial charge is 0.341 e. The van der Waals surface area contributed by atoms with Crippen molar-refractivity contribution in [2.45, 2.75) is 9.79 Å². The zero-order chi connectivity index (χ0) is 22.6. The summed E-state index contributed by atoms with van der Waals surface area (Å²) in [6.07, 6.45) is 0. The molecule has 0 aliphatic carbocycles. The van der Waals surface area contributed by atoms with E-state index in [0.29, 0.717) is 7.14 Å². The third-order valence-electron chi connectivity index (χ3n) is 4.54. The number of rotatable bonds is 4. The van der Waals surface area contributed by atoms with Gasteiger partial charge in [-0.25, -0.2) is 0 Å². The van der Waals surface area contributed by atoms with Gasteiger partial charge in [-0.3, -0.25) is 4.55 Å². The Bertz CT molecular complexity index is 1530. The van der Waals surface area contributed by atoms with Crippen molar-refractivity contribution in [3.8, 4) is 5.75 Å². The highest BCUT2D eigenvalue weighted by molar-refractivity contribution is 14.1. The molecule has 160 valence electrons. The van der Waals surface area contributed by atoms with Gasteiger partial charge in [0.05, 0.1) is 0 Å². The van der Waals surface area contributed by atoms with Gasteiger partial charge >= 0.3 is 10.1 Å². The SMILES string of the molecule is O=S(=O)(O)c1c2ccccc2c(OS(=O)(=O)c2c(I)ccc(I)c2I)c2ccccc12. The quantitative estimate of drug-likeness (QED) is 0.0921. The summed E-state index contributed by atoms with van der Waals surface area (Å²) >= 11 is 5.96. The Labute approximate surface area is 219 Å². The van der Waals surface area contributed by atoms with E-state index in [2.05, 4.69) is 22.6 Å². The number of hydrogen-bond donors (Lipinski definition) is 1. The van der Waals surface area contributed by atoms with Gasteiger partial charge in [-0.1, -0.05) is 48.5 Å². The molecule has 11 heteroatoms. The van der Waals surface area contributed by atoms with E-state index in [1.54, 1.807) is 42.5 Å². The van der Waals surface area contributed by atoms with Crippen molar-refractivity contribution in [1.29, 1.82) is 0 Å². The molecule has 0 unspecified atom stereocenters.